The average Bonchev–Trinajstić information content (AvgIpc) is 3.33. The Bertz CT molecular complexity index is 1490. The van der Waals surface area contributed by atoms with Gasteiger partial charge in [-0.3, -0.25) is 10.1 Å². The Morgan fingerprint density at radius 3 is 2.26 bits per heavy atom. The number of rotatable bonds is 5. The number of thiocarbonyl (C=S) groups is 1. The maximum atomic E-state index is 12.6. The van der Waals surface area contributed by atoms with Crippen molar-refractivity contribution < 1.29 is 13.9 Å². The summed E-state index contributed by atoms with van der Waals surface area (Å²) in [5.41, 5.74) is 5.62. The van der Waals surface area contributed by atoms with Crippen molar-refractivity contribution in [2.75, 3.05) is 12.4 Å². The monoisotopic (exact) mass is 479 g/mol. The number of benzene rings is 4. The van der Waals surface area contributed by atoms with Gasteiger partial charge in [-0.05, 0) is 71.9 Å². The summed E-state index contributed by atoms with van der Waals surface area (Å²) in [5, 5.41) is 5.96. The number of methoxy groups -OCH3 is 1. The highest BCUT2D eigenvalue weighted by Crippen LogP contribution is 2.27. The number of oxazole rings is 1. The highest BCUT2D eigenvalue weighted by atomic mass is 32.1. The maximum Gasteiger partial charge on any atom is 0.257 e. The number of nitrogens with zero attached hydrogens (tertiary/aromatic N) is 1. The minimum atomic E-state index is -0.277. The molecule has 1 aromatic heterocycles. The largest absolute Gasteiger partial charge is 0.497 e. The molecule has 0 aliphatic rings. The zero-order valence-electron chi connectivity index (χ0n) is 18.8. The first-order valence-corrected chi connectivity index (χ1v) is 11.3. The molecule has 0 saturated carbocycles. The van der Waals surface area contributed by atoms with Gasteiger partial charge in [-0.1, -0.05) is 42.5 Å². The molecule has 5 rings (SSSR count). The number of hydrogen-bond acceptors (Lipinski definition) is 5. The SMILES string of the molecule is COc1ccc2oc(-c3ccc(NC(=S)NC(=O)c4ccc(-c5ccccc5)cc4)cc3)nc2c1. The molecule has 0 atom stereocenters. The van der Waals surface area contributed by atoms with Gasteiger partial charge in [0.05, 0.1) is 7.11 Å². The number of anilines is 1. The number of carbonyl (C=O) groups is 1. The number of ether oxygens (including phenoxy) is 1. The first kappa shape index (κ1) is 22.3. The molecule has 5 aromatic rings. The van der Waals surface area contributed by atoms with Crippen LogP contribution < -0.4 is 15.4 Å². The van der Waals surface area contributed by atoms with Crippen molar-refractivity contribution in [2.45, 2.75) is 0 Å². The fraction of sp³-hybridized carbons (Fsp3) is 0.0357. The summed E-state index contributed by atoms with van der Waals surface area (Å²) in [6.07, 6.45) is 0. The van der Waals surface area contributed by atoms with Gasteiger partial charge < -0.3 is 14.5 Å². The van der Waals surface area contributed by atoms with Crippen LogP contribution >= 0.6 is 12.2 Å². The molecule has 4 aromatic carbocycles. The fourth-order valence-electron chi connectivity index (χ4n) is 3.64. The molecule has 2 N–H and O–H groups in total. The van der Waals surface area contributed by atoms with Crippen molar-refractivity contribution in [3.8, 4) is 28.3 Å². The van der Waals surface area contributed by atoms with E-state index >= 15 is 0 Å². The molecular formula is C28H21N3O3S. The van der Waals surface area contributed by atoms with Crippen LogP contribution in [-0.4, -0.2) is 23.1 Å². The predicted molar refractivity (Wildman–Crippen MR) is 142 cm³/mol. The van der Waals surface area contributed by atoms with Crippen molar-refractivity contribution >= 4 is 40.0 Å². The van der Waals surface area contributed by atoms with E-state index in [-0.39, 0.29) is 11.0 Å². The van der Waals surface area contributed by atoms with Crippen LogP contribution in [-0.2, 0) is 0 Å². The number of fused-ring (bicyclic) bond motifs is 1. The number of hydrogen-bond donors (Lipinski definition) is 2. The van der Waals surface area contributed by atoms with E-state index in [2.05, 4.69) is 15.6 Å². The lowest BCUT2D eigenvalue weighted by molar-refractivity contribution is 0.0977. The molecule has 0 fully saturated rings. The fourth-order valence-corrected chi connectivity index (χ4v) is 3.85. The Kier molecular flexibility index (Phi) is 6.24. The Morgan fingerprint density at radius 1 is 0.857 bits per heavy atom. The Balaban J connectivity index is 1.21. The Morgan fingerprint density at radius 2 is 1.54 bits per heavy atom. The highest BCUT2D eigenvalue weighted by molar-refractivity contribution is 7.80. The molecule has 0 saturated heterocycles. The number of amides is 1. The van der Waals surface area contributed by atoms with Gasteiger partial charge in [0, 0.05) is 22.9 Å². The maximum absolute atomic E-state index is 12.6. The third-order valence-corrected chi connectivity index (χ3v) is 5.67. The van der Waals surface area contributed by atoms with E-state index in [0.29, 0.717) is 17.0 Å². The van der Waals surface area contributed by atoms with Gasteiger partial charge in [0.1, 0.15) is 11.3 Å². The van der Waals surface area contributed by atoms with Crippen LogP contribution in [0.3, 0.4) is 0 Å². The van der Waals surface area contributed by atoms with Crippen LogP contribution in [0.2, 0.25) is 0 Å². The van der Waals surface area contributed by atoms with E-state index < -0.39 is 0 Å². The number of aromatic nitrogens is 1. The van der Waals surface area contributed by atoms with E-state index in [9.17, 15) is 4.79 Å². The van der Waals surface area contributed by atoms with Crippen molar-refractivity contribution in [3.63, 3.8) is 0 Å². The van der Waals surface area contributed by atoms with Gasteiger partial charge in [0.25, 0.3) is 5.91 Å². The molecule has 0 spiro atoms. The summed E-state index contributed by atoms with van der Waals surface area (Å²) in [5.74, 6) is 0.954. The summed E-state index contributed by atoms with van der Waals surface area (Å²) in [7, 11) is 1.61. The lowest BCUT2D eigenvalue weighted by Gasteiger charge is -2.10. The normalized spacial score (nSPS) is 10.7. The molecule has 1 heterocycles. The summed E-state index contributed by atoms with van der Waals surface area (Å²) >= 11 is 5.32. The second kappa shape index (κ2) is 9.79. The van der Waals surface area contributed by atoms with Crippen LogP contribution in [0.15, 0.2) is 101 Å². The molecule has 0 radical (unpaired) electrons. The van der Waals surface area contributed by atoms with Gasteiger partial charge in [-0.2, -0.15) is 0 Å². The zero-order valence-corrected chi connectivity index (χ0v) is 19.6. The van der Waals surface area contributed by atoms with E-state index in [1.54, 1.807) is 19.2 Å². The predicted octanol–water partition coefficient (Wildman–Crippen LogP) is 6.30. The summed E-state index contributed by atoms with van der Waals surface area (Å²) in [6.45, 7) is 0. The van der Waals surface area contributed by atoms with Crippen molar-refractivity contribution in [3.05, 3.63) is 103 Å². The van der Waals surface area contributed by atoms with Crippen LogP contribution in [0.25, 0.3) is 33.7 Å². The van der Waals surface area contributed by atoms with Crippen LogP contribution in [0.5, 0.6) is 5.75 Å². The molecule has 0 aliphatic carbocycles. The number of nitrogens with one attached hydrogen (secondary N) is 2. The number of carbonyl (C=O) groups excluding carboxylic acids is 1. The van der Waals surface area contributed by atoms with Crippen LogP contribution in [0.1, 0.15) is 10.4 Å². The van der Waals surface area contributed by atoms with Crippen molar-refractivity contribution in [1.29, 1.82) is 0 Å². The lowest BCUT2D eigenvalue weighted by atomic mass is 10.0. The lowest BCUT2D eigenvalue weighted by Crippen LogP contribution is -2.34. The van der Waals surface area contributed by atoms with Gasteiger partial charge >= 0.3 is 0 Å². The molecule has 0 aliphatic heterocycles. The summed E-state index contributed by atoms with van der Waals surface area (Å²) < 4.78 is 11.1. The van der Waals surface area contributed by atoms with E-state index in [1.165, 1.54) is 0 Å². The zero-order chi connectivity index (χ0) is 24.2. The van der Waals surface area contributed by atoms with Gasteiger partial charge in [-0.15, -0.1) is 0 Å². The summed E-state index contributed by atoms with van der Waals surface area (Å²) in [4.78, 5) is 17.1. The smallest absolute Gasteiger partial charge is 0.257 e. The third-order valence-electron chi connectivity index (χ3n) is 5.47. The molecule has 35 heavy (non-hydrogen) atoms. The highest BCUT2D eigenvalue weighted by Gasteiger charge is 2.11. The van der Waals surface area contributed by atoms with Crippen molar-refractivity contribution in [1.82, 2.24) is 10.3 Å². The molecule has 172 valence electrons. The second-order valence-electron chi connectivity index (χ2n) is 7.78. The molecule has 0 unspecified atom stereocenters. The molecular weight excluding hydrogens is 458 g/mol. The van der Waals surface area contributed by atoms with E-state index in [4.69, 9.17) is 21.4 Å². The van der Waals surface area contributed by atoms with E-state index in [1.807, 2.05) is 84.9 Å². The second-order valence-corrected chi connectivity index (χ2v) is 8.19. The van der Waals surface area contributed by atoms with Crippen LogP contribution in [0, 0.1) is 0 Å². The van der Waals surface area contributed by atoms with Crippen LogP contribution in [0.4, 0.5) is 5.69 Å². The standard InChI is InChI=1S/C28H21N3O3S/c1-33-23-15-16-25-24(17-23)30-27(34-25)21-11-13-22(14-12-21)29-28(35)31-26(32)20-9-7-19(8-10-20)18-5-3-2-4-6-18/h2-17H,1H3,(H2,29,31,32,35). The Labute approximate surface area is 207 Å². The minimum Gasteiger partial charge on any atom is -0.497 e. The molecule has 0 bridgehead atoms. The molecule has 7 heteroatoms. The van der Waals surface area contributed by atoms with Gasteiger partial charge in [0.2, 0.25) is 5.89 Å². The first-order valence-electron chi connectivity index (χ1n) is 10.9. The average molecular weight is 480 g/mol. The quantitative estimate of drug-likeness (QED) is 0.288. The first-order chi connectivity index (χ1) is 17.1. The topological polar surface area (TPSA) is 76.4 Å². The van der Waals surface area contributed by atoms with Gasteiger partial charge in [0.15, 0.2) is 10.7 Å². The molecule has 1 amide bonds. The summed E-state index contributed by atoms with van der Waals surface area (Å²) in [6, 6.07) is 30.3. The Hall–Kier alpha value is -4.49. The van der Waals surface area contributed by atoms with E-state index in [0.717, 1.165) is 33.6 Å². The van der Waals surface area contributed by atoms with Crippen molar-refractivity contribution in [2.24, 2.45) is 0 Å². The van der Waals surface area contributed by atoms with Gasteiger partial charge in [-0.25, -0.2) is 4.98 Å². The molecule has 6 nitrogen and oxygen atoms in total. The minimum absolute atomic E-state index is 0.212. The third kappa shape index (κ3) is 5.05.